The van der Waals surface area contributed by atoms with Gasteiger partial charge in [0, 0.05) is 28.7 Å². The van der Waals surface area contributed by atoms with E-state index in [-0.39, 0.29) is 6.03 Å². The first-order chi connectivity index (χ1) is 10.5. The van der Waals surface area contributed by atoms with E-state index in [2.05, 4.69) is 63.3 Å². The molecule has 0 aliphatic rings. The average molecular weight is 436 g/mol. The van der Waals surface area contributed by atoms with Gasteiger partial charge in [-0.25, -0.2) is 4.79 Å². The Hall–Kier alpha value is -0.590. The first kappa shape index (κ1) is 19.5. The summed E-state index contributed by atoms with van der Waals surface area (Å²) < 4.78 is 7.11. The number of benzene rings is 1. The molecule has 0 saturated heterocycles. The molecule has 4 nitrogen and oxygen atoms in total. The van der Waals surface area contributed by atoms with Gasteiger partial charge < -0.3 is 15.4 Å². The summed E-state index contributed by atoms with van der Waals surface area (Å²) in [6.45, 7) is 8.38. The van der Waals surface area contributed by atoms with Gasteiger partial charge in [0.2, 0.25) is 0 Å². The summed E-state index contributed by atoms with van der Waals surface area (Å²) in [5.74, 6) is 0.429. The fraction of sp³-hybridized carbons (Fsp3) is 0.562. The van der Waals surface area contributed by atoms with Crippen molar-refractivity contribution >= 4 is 43.6 Å². The Morgan fingerprint density at radius 2 is 1.86 bits per heavy atom. The van der Waals surface area contributed by atoms with Gasteiger partial charge in [-0.3, -0.25) is 0 Å². The van der Waals surface area contributed by atoms with Crippen LogP contribution in [0.1, 0.15) is 45.1 Å². The van der Waals surface area contributed by atoms with Crippen molar-refractivity contribution in [3.8, 4) is 0 Å². The number of hydrogen-bond donors (Lipinski definition) is 2. The van der Waals surface area contributed by atoms with Crippen molar-refractivity contribution in [3.63, 3.8) is 0 Å². The van der Waals surface area contributed by atoms with Crippen LogP contribution in [0, 0.1) is 0 Å². The third kappa shape index (κ3) is 6.67. The topological polar surface area (TPSA) is 50.4 Å². The van der Waals surface area contributed by atoms with E-state index in [0.29, 0.717) is 19.1 Å². The predicted octanol–water partition coefficient (Wildman–Crippen LogP) is 5.27. The van der Waals surface area contributed by atoms with E-state index >= 15 is 0 Å². The van der Waals surface area contributed by atoms with Gasteiger partial charge in [-0.1, -0.05) is 20.8 Å². The SMILES string of the molecule is CCCOCCCNC(=O)Nc1c(Br)cc(C(C)C)cc1Br. The van der Waals surface area contributed by atoms with Crippen LogP contribution in [0.15, 0.2) is 21.1 Å². The van der Waals surface area contributed by atoms with Crippen LogP contribution in [0.25, 0.3) is 0 Å². The summed E-state index contributed by atoms with van der Waals surface area (Å²) in [6, 6.07) is 3.85. The molecule has 0 heterocycles. The number of urea groups is 1. The minimum absolute atomic E-state index is 0.214. The molecule has 0 saturated carbocycles. The van der Waals surface area contributed by atoms with Gasteiger partial charge in [0.15, 0.2) is 0 Å². The molecule has 0 spiro atoms. The highest BCUT2D eigenvalue weighted by molar-refractivity contribution is 9.11. The quantitative estimate of drug-likeness (QED) is 0.546. The van der Waals surface area contributed by atoms with Crippen LogP contribution < -0.4 is 10.6 Å². The summed E-state index contributed by atoms with van der Waals surface area (Å²) in [4.78, 5) is 11.9. The summed E-state index contributed by atoms with van der Waals surface area (Å²) in [6.07, 6.45) is 1.82. The number of hydrogen-bond acceptors (Lipinski definition) is 2. The summed E-state index contributed by atoms with van der Waals surface area (Å²) >= 11 is 7.03. The molecule has 0 aliphatic heterocycles. The van der Waals surface area contributed by atoms with Gasteiger partial charge in [-0.2, -0.15) is 0 Å². The molecule has 0 fully saturated rings. The van der Waals surface area contributed by atoms with Crippen molar-refractivity contribution in [2.45, 2.75) is 39.5 Å². The molecule has 0 aliphatic carbocycles. The third-order valence-electron chi connectivity index (χ3n) is 3.07. The number of ether oxygens (including phenoxy) is 1. The Kier molecular flexibility index (Phi) is 9.05. The Labute approximate surface area is 149 Å². The van der Waals surface area contributed by atoms with E-state index < -0.39 is 0 Å². The minimum Gasteiger partial charge on any atom is -0.381 e. The monoisotopic (exact) mass is 434 g/mol. The zero-order valence-electron chi connectivity index (χ0n) is 13.3. The highest BCUT2D eigenvalue weighted by Gasteiger charge is 2.12. The van der Waals surface area contributed by atoms with Crippen molar-refractivity contribution in [3.05, 3.63) is 26.6 Å². The van der Waals surface area contributed by atoms with E-state index in [4.69, 9.17) is 4.74 Å². The predicted molar refractivity (Wildman–Crippen MR) is 98.7 cm³/mol. The zero-order chi connectivity index (χ0) is 16.5. The summed E-state index contributed by atoms with van der Waals surface area (Å²) in [7, 11) is 0. The number of carbonyl (C=O) groups is 1. The maximum absolute atomic E-state index is 11.9. The maximum atomic E-state index is 11.9. The van der Waals surface area contributed by atoms with E-state index in [9.17, 15) is 4.79 Å². The van der Waals surface area contributed by atoms with E-state index in [1.54, 1.807) is 0 Å². The van der Waals surface area contributed by atoms with Crippen LogP contribution >= 0.6 is 31.9 Å². The fourth-order valence-electron chi connectivity index (χ4n) is 1.83. The molecule has 0 unspecified atom stereocenters. The van der Waals surface area contributed by atoms with Crippen molar-refractivity contribution in [2.75, 3.05) is 25.1 Å². The second-order valence-electron chi connectivity index (χ2n) is 5.36. The normalized spacial score (nSPS) is 10.8. The lowest BCUT2D eigenvalue weighted by atomic mass is 10.0. The number of carbonyl (C=O) groups excluding carboxylic acids is 1. The van der Waals surface area contributed by atoms with Crippen LogP contribution in [0.4, 0.5) is 10.5 Å². The first-order valence-electron chi connectivity index (χ1n) is 7.57. The zero-order valence-corrected chi connectivity index (χ0v) is 16.5. The first-order valence-corrected chi connectivity index (χ1v) is 9.15. The lowest BCUT2D eigenvalue weighted by molar-refractivity contribution is 0.132. The number of nitrogens with one attached hydrogen (secondary N) is 2. The molecular weight excluding hydrogens is 412 g/mol. The number of anilines is 1. The highest BCUT2D eigenvalue weighted by Crippen LogP contribution is 2.34. The molecular formula is C16H24Br2N2O2. The summed E-state index contributed by atoms with van der Waals surface area (Å²) in [5.41, 5.74) is 1.95. The maximum Gasteiger partial charge on any atom is 0.319 e. The molecule has 22 heavy (non-hydrogen) atoms. The van der Waals surface area contributed by atoms with E-state index in [1.165, 1.54) is 5.56 Å². The van der Waals surface area contributed by atoms with Crippen molar-refractivity contribution in [1.82, 2.24) is 5.32 Å². The lowest BCUT2D eigenvalue weighted by Gasteiger charge is -2.14. The molecule has 1 rings (SSSR count). The van der Waals surface area contributed by atoms with Gasteiger partial charge in [-0.15, -0.1) is 0 Å². The van der Waals surface area contributed by atoms with E-state index in [1.807, 2.05) is 12.1 Å². The van der Waals surface area contributed by atoms with Gasteiger partial charge in [0.25, 0.3) is 0 Å². The molecule has 2 N–H and O–H groups in total. The molecule has 0 aromatic heterocycles. The van der Waals surface area contributed by atoms with Crippen molar-refractivity contribution in [1.29, 1.82) is 0 Å². The van der Waals surface area contributed by atoms with Gasteiger partial charge in [0.1, 0.15) is 0 Å². The second-order valence-corrected chi connectivity index (χ2v) is 7.07. The standard InChI is InChI=1S/C16H24Br2N2O2/c1-4-7-22-8-5-6-19-16(21)20-15-13(17)9-12(11(2)3)10-14(15)18/h9-11H,4-8H2,1-3H3,(H2,19,20,21). The lowest BCUT2D eigenvalue weighted by Crippen LogP contribution is -2.30. The van der Waals surface area contributed by atoms with Crippen LogP contribution in [0.3, 0.4) is 0 Å². The Morgan fingerprint density at radius 3 is 2.41 bits per heavy atom. The number of amides is 2. The minimum atomic E-state index is -0.214. The molecule has 1 aromatic carbocycles. The van der Waals surface area contributed by atoms with Crippen molar-refractivity contribution in [2.24, 2.45) is 0 Å². The Bertz CT molecular complexity index is 470. The second kappa shape index (κ2) is 10.2. The summed E-state index contributed by atoms with van der Waals surface area (Å²) in [5, 5.41) is 5.69. The molecule has 1 aromatic rings. The van der Waals surface area contributed by atoms with Crippen LogP contribution in [0.5, 0.6) is 0 Å². The van der Waals surface area contributed by atoms with E-state index in [0.717, 1.165) is 34.1 Å². The molecule has 0 bridgehead atoms. The molecule has 124 valence electrons. The van der Waals surface area contributed by atoms with Crippen LogP contribution in [-0.2, 0) is 4.74 Å². The Balaban J connectivity index is 2.47. The largest absolute Gasteiger partial charge is 0.381 e. The van der Waals surface area contributed by atoms with Crippen molar-refractivity contribution < 1.29 is 9.53 Å². The fourth-order valence-corrected chi connectivity index (χ4v) is 3.25. The molecule has 6 heteroatoms. The molecule has 0 radical (unpaired) electrons. The number of halogens is 2. The van der Waals surface area contributed by atoms with Crippen LogP contribution in [0.2, 0.25) is 0 Å². The van der Waals surface area contributed by atoms with Gasteiger partial charge in [0.05, 0.1) is 5.69 Å². The Morgan fingerprint density at radius 1 is 1.23 bits per heavy atom. The molecule has 0 atom stereocenters. The smallest absolute Gasteiger partial charge is 0.319 e. The average Bonchev–Trinajstić information content (AvgIpc) is 2.46. The molecule has 2 amide bonds. The van der Waals surface area contributed by atoms with Gasteiger partial charge >= 0.3 is 6.03 Å². The highest BCUT2D eigenvalue weighted by atomic mass is 79.9. The number of rotatable bonds is 8. The third-order valence-corrected chi connectivity index (χ3v) is 4.32. The van der Waals surface area contributed by atoms with Gasteiger partial charge in [-0.05, 0) is 68.3 Å². The van der Waals surface area contributed by atoms with Crippen LogP contribution in [-0.4, -0.2) is 25.8 Å².